The van der Waals surface area contributed by atoms with Crippen molar-refractivity contribution in [3.8, 4) is 0 Å². The Morgan fingerprint density at radius 1 is 1.56 bits per heavy atom. The summed E-state index contributed by atoms with van der Waals surface area (Å²) in [5.41, 5.74) is 0. The van der Waals surface area contributed by atoms with E-state index in [9.17, 15) is 4.79 Å². The zero-order chi connectivity index (χ0) is 5.70. The number of ether oxygens (including phenoxy) is 1. The van der Waals surface area contributed by atoms with Crippen LogP contribution in [-0.4, -0.2) is 19.7 Å². The number of alkyl carbamates (subject to hydrolysis) is 1. The van der Waals surface area contributed by atoms with Crippen molar-refractivity contribution in [2.24, 2.45) is 0 Å². The minimum absolute atomic E-state index is 0. The van der Waals surface area contributed by atoms with Crippen molar-refractivity contribution in [2.75, 3.05) is 13.7 Å². The van der Waals surface area contributed by atoms with E-state index in [4.69, 9.17) is 0 Å². The highest BCUT2D eigenvalue weighted by atomic mass is 16.5. The fourth-order valence-corrected chi connectivity index (χ4v) is 0.203. The highest BCUT2D eigenvalue weighted by Gasteiger charge is 1.89. The largest absolute Gasteiger partial charge is 0.450 e. The van der Waals surface area contributed by atoms with E-state index in [0.29, 0.717) is 6.61 Å². The molecule has 9 heavy (non-hydrogen) atoms. The third kappa shape index (κ3) is 11.1. The van der Waals surface area contributed by atoms with E-state index in [1.54, 1.807) is 6.92 Å². The number of carbonyl (C=O) groups excluding carboxylic acids is 1. The van der Waals surface area contributed by atoms with E-state index in [2.05, 4.69) is 10.1 Å². The highest BCUT2D eigenvalue weighted by Crippen LogP contribution is 1.70. The molecule has 0 spiro atoms. The van der Waals surface area contributed by atoms with Crippen LogP contribution in [0.15, 0.2) is 0 Å². The van der Waals surface area contributed by atoms with Crippen molar-refractivity contribution in [3.63, 3.8) is 0 Å². The van der Waals surface area contributed by atoms with Gasteiger partial charge in [0.25, 0.3) is 0 Å². The Balaban J connectivity index is -0.000000180. The number of amides is 1. The van der Waals surface area contributed by atoms with Gasteiger partial charge in [-0.15, -0.1) is 0 Å². The molecular formula is C6H17NO2. The summed E-state index contributed by atoms with van der Waals surface area (Å²) in [7, 11) is 1.53. The molecule has 0 aliphatic carbocycles. The molecule has 0 fully saturated rings. The Bertz CT molecular complexity index is 64.1. The van der Waals surface area contributed by atoms with Crippen LogP contribution in [0.5, 0.6) is 0 Å². The van der Waals surface area contributed by atoms with E-state index in [1.807, 2.05) is 0 Å². The van der Waals surface area contributed by atoms with E-state index in [1.165, 1.54) is 7.05 Å². The van der Waals surface area contributed by atoms with Gasteiger partial charge in [-0.2, -0.15) is 0 Å². The molecule has 0 heterocycles. The summed E-state index contributed by atoms with van der Waals surface area (Å²) >= 11 is 0. The maximum absolute atomic E-state index is 10.1. The fourth-order valence-electron chi connectivity index (χ4n) is 0.203. The second-order valence-corrected chi connectivity index (χ2v) is 0.970. The van der Waals surface area contributed by atoms with Gasteiger partial charge in [-0.05, 0) is 6.92 Å². The molecule has 0 aromatic heterocycles. The fraction of sp³-hybridized carbons (Fsp3) is 0.833. The van der Waals surface area contributed by atoms with Gasteiger partial charge in [0.15, 0.2) is 0 Å². The highest BCUT2D eigenvalue weighted by molar-refractivity contribution is 5.66. The quantitative estimate of drug-likeness (QED) is 0.593. The smallest absolute Gasteiger partial charge is 0.406 e. The predicted molar refractivity (Wildman–Crippen MR) is 39.5 cm³/mol. The molecule has 0 saturated heterocycles. The van der Waals surface area contributed by atoms with Gasteiger partial charge >= 0.3 is 6.09 Å². The summed E-state index contributed by atoms with van der Waals surface area (Å²) in [5, 5.41) is 2.30. The molecular weight excluding hydrogens is 118 g/mol. The molecule has 1 N–H and O–H groups in total. The normalized spacial score (nSPS) is 6.00. The molecule has 0 aromatic rings. The third-order valence-corrected chi connectivity index (χ3v) is 0.480. The van der Waals surface area contributed by atoms with Crippen molar-refractivity contribution in [3.05, 3.63) is 0 Å². The maximum Gasteiger partial charge on any atom is 0.406 e. The molecule has 0 saturated carbocycles. The van der Waals surface area contributed by atoms with E-state index < -0.39 is 0 Å². The topological polar surface area (TPSA) is 38.3 Å². The first-order valence-electron chi connectivity index (χ1n) is 2.15. The van der Waals surface area contributed by atoms with E-state index >= 15 is 0 Å². The molecule has 0 rings (SSSR count). The van der Waals surface area contributed by atoms with Gasteiger partial charge in [0.05, 0.1) is 6.61 Å². The molecule has 0 bridgehead atoms. The molecule has 58 valence electrons. The van der Waals surface area contributed by atoms with Crippen LogP contribution in [-0.2, 0) is 4.74 Å². The molecule has 0 aliphatic rings. The monoisotopic (exact) mass is 135 g/mol. The number of nitrogens with one attached hydrogen (secondary N) is 1. The molecule has 0 aliphatic heterocycles. The summed E-state index contributed by atoms with van der Waals surface area (Å²) < 4.78 is 4.44. The Kier molecular flexibility index (Phi) is 18.0. The molecule has 1 amide bonds. The summed E-state index contributed by atoms with van der Waals surface area (Å²) in [6, 6.07) is 0. The van der Waals surface area contributed by atoms with Crippen LogP contribution < -0.4 is 5.32 Å². The Morgan fingerprint density at radius 3 is 2.11 bits per heavy atom. The zero-order valence-electron chi connectivity index (χ0n) is 4.52. The summed E-state index contributed by atoms with van der Waals surface area (Å²) in [6.07, 6.45) is -0.373. The third-order valence-electron chi connectivity index (χ3n) is 0.480. The Labute approximate surface area is 57.4 Å². The number of carbonyl (C=O) groups is 1. The van der Waals surface area contributed by atoms with Crippen molar-refractivity contribution < 1.29 is 9.53 Å². The minimum atomic E-state index is -0.373. The number of hydrogen-bond acceptors (Lipinski definition) is 2. The average molecular weight is 135 g/mol. The summed E-state index contributed by atoms with van der Waals surface area (Å²) in [6.45, 7) is 2.19. The van der Waals surface area contributed by atoms with Crippen LogP contribution >= 0.6 is 0 Å². The second kappa shape index (κ2) is 10.3. The number of rotatable bonds is 1. The first kappa shape index (κ1) is 15.7. The molecule has 3 nitrogen and oxygen atoms in total. The molecule has 0 aromatic carbocycles. The van der Waals surface area contributed by atoms with Gasteiger partial charge in [-0.3, -0.25) is 0 Å². The van der Waals surface area contributed by atoms with Gasteiger partial charge in [0.1, 0.15) is 0 Å². The lowest BCUT2D eigenvalue weighted by molar-refractivity contribution is 0.154. The van der Waals surface area contributed by atoms with Gasteiger partial charge in [0.2, 0.25) is 0 Å². The molecule has 0 unspecified atom stereocenters. The first-order chi connectivity index (χ1) is 3.31. The second-order valence-electron chi connectivity index (χ2n) is 0.970. The van der Waals surface area contributed by atoms with Gasteiger partial charge < -0.3 is 10.1 Å². The van der Waals surface area contributed by atoms with Gasteiger partial charge in [-0.25, -0.2) is 4.79 Å². The van der Waals surface area contributed by atoms with Crippen LogP contribution in [0, 0.1) is 0 Å². The predicted octanol–water partition coefficient (Wildman–Crippen LogP) is 1.63. The first-order valence-corrected chi connectivity index (χ1v) is 2.15. The zero-order valence-corrected chi connectivity index (χ0v) is 4.52. The van der Waals surface area contributed by atoms with Crippen molar-refractivity contribution in [1.82, 2.24) is 5.32 Å². The van der Waals surface area contributed by atoms with Crippen LogP contribution in [0.25, 0.3) is 0 Å². The minimum Gasteiger partial charge on any atom is -0.450 e. The van der Waals surface area contributed by atoms with Crippen molar-refractivity contribution >= 4 is 6.09 Å². The lowest BCUT2D eigenvalue weighted by Gasteiger charge is -1.95. The van der Waals surface area contributed by atoms with Crippen molar-refractivity contribution in [1.29, 1.82) is 0 Å². The summed E-state index contributed by atoms with van der Waals surface area (Å²) in [5.74, 6) is 0. The van der Waals surface area contributed by atoms with Crippen LogP contribution in [0.3, 0.4) is 0 Å². The molecule has 0 radical (unpaired) electrons. The van der Waals surface area contributed by atoms with Crippen molar-refractivity contribution in [2.45, 2.75) is 21.8 Å². The SMILES string of the molecule is C.C.CCOC(=O)NC. The number of hydrogen-bond donors (Lipinski definition) is 1. The van der Waals surface area contributed by atoms with Crippen LogP contribution in [0.1, 0.15) is 21.8 Å². The van der Waals surface area contributed by atoms with E-state index in [-0.39, 0.29) is 20.9 Å². The molecule has 0 atom stereocenters. The molecule has 3 heteroatoms. The van der Waals surface area contributed by atoms with Gasteiger partial charge in [0, 0.05) is 7.05 Å². The lowest BCUT2D eigenvalue weighted by atomic mass is 10.9. The average Bonchev–Trinajstić information content (AvgIpc) is 1.68. The van der Waals surface area contributed by atoms with Crippen LogP contribution in [0.2, 0.25) is 0 Å². The van der Waals surface area contributed by atoms with Gasteiger partial charge in [-0.1, -0.05) is 14.9 Å². The lowest BCUT2D eigenvalue weighted by Crippen LogP contribution is -2.18. The Morgan fingerprint density at radius 2 is 2.00 bits per heavy atom. The maximum atomic E-state index is 10.1. The van der Waals surface area contributed by atoms with E-state index in [0.717, 1.165) is 0 Å². The Hall–Kier alpha value is -0.730. The summed E-state index contributed by atoms with van der Waals surface area (Å²) in [4.78, 5) is 10.1. The van der Waals surface area contributed by atoms with Crippen LogP contribution in [0.4, 0.5) is 4.79 Å². The standard InChI is InChI=1S/C4H9NO2.2CH4/c1-3-7-4(6)5-2;;/h3H2,1-2H3,(H,5,6);2*1H4.